The zero-order valence-corrected chi connectivity index (χ0v) is 15.9. The Balaban J connectivity index is 1.96. The fourth-order valence-corrected chi connectivity index (χ4v) is 2.86. The number of aromatic nitrogens is 1. The Morgan fingerprint density at radius 2 is 1.78 bits per heavy atom. The highest BCUT2D eigenvalue weighted by Crippen LogP contribution is 2.34. The largest absolute Gasteiger partial charge is 0.494 e. The highest BCUT2D eigenvalue weighted by Gasteiger charge is 2.11. The van der Waals surface area contributed by atoms with E-state index in [1.54, 1.807) is 19.2 Å². The molecule has 3 rings (SSSR count). The van der Waals surface area contributed by atoms with Crippen LogP contribution >= 0.6 is 11.6 Å². The molecule has 2 aromatic carbocycles. The summed E-state index contributed by atoms with van der Waals surface area (Å²) in [4.78, 5) is 15.8. The highest BCUT2D eigenvalue weighted by atomic mass is 35.5. The summed E-state index contributed by atoms with van der Waals surface area (Å²) in [5.74, 6) is 0.971. The highest BCUT2D eigenvalue weighted by molar-refractivity contribution is 6.32. The molecule has 0 saturated heterocycles. The number of pyridine rings is 1. The topological polar surface area (TPSA) is 57.6 Å². The van der Waals surface area contributed by atoms with E-state index in [9.17, 15) is 4.79 Å². The molecule has 0 atom stereocenters. The van der Waals surface area contributed by atoms with E-state index in [4.69, 9.17) is 25.8 Å². The van der Waals surface area contributed by atoms with Gasteiger partial charge in [-0.1, -0.05) is 35.9 Å². The van der Waals surface area contributed by atoms with Gasteiger partial charge in [0.1, 0.15) is 11.3 Å². The molecule has 6 heteroatoms. The first kappa shape index (κ1) is 18.7. The van der Waals surface area contributed by atoms with Crippen molar-refractivity contribution in [1.29, 1.82) is 0 Å². The Labute approximate surface area is 162 Å². The zero-order chi connectivity index (χ0) is 19.4. The number of carbonyl (C=O) groups is 1. The summed E-state index contributed by atoms with van der Waals surface area (Å²) in [6.45, 7) is 1.32. The van der Waals surface area contributed by atoms with Gasteiger partial charge in [-0.3, -0.25) is 4.79 Å². The van der Waals surface area contributed by atoms with Crippen LogP contribution in [0, 0.1) is 0 Å². The lowest BCUT2D eigenvalue weighted by atomic mass is 10.1. The van der Waals surface area contributed by atoms with Crippen LogP contribution in [0.15, 0.2) is 42.5 Å². The van der Waals surface area contributed by atoms with E-state index in [0.29, 0.717) is 22.1 Å². The maximum absolute atomic E-state index is 11.2. The molecular formula is C21H18ClNO4. The van der Waals surface area contributed by atoms with Crippen molar-refractivity contribution in [3.05, 3.63) is 58.7 Å². The number of halogens is 1. The number of rotatable bonds is 5. The second-order valence-electron chi connectivity index (χ2n) is 5.72. The lowest BCUT2D eigenvalue weighted by Gasteiger charge is -2.10. The SMILES string of the molecule is COc1cc(C=Cc2ccc3cccc(OC)c3n2)c(Cl)cc1OC(C)=O. The second kappa shape index (κ2) is 8.10. The number of hydrogen-bond donors (Lipinski definition) is 0. The molecule has 0 aliphatic heterocycles. The van der Waals surface area contributed by atoms with Crippen LogP contribution in [0.4, 0.5) is 0 Å². The number of para-hydroxylation sites is 1. The Hall–Kier alpha value is -3.05. The molecule has 138 valence electrons. The van der Waals surface area contributed by atoms with Crippen LogP contribution in [0.3, 0.4) is 0 Å². The maximum Gasteiger partial charge on any atom is 0.308 e. The standard InChI is InChI=1S/C21H18ClNO4/c1-13(24)27-20-12-17(22)15(11-19(20)26-3)8-10-16-9-7-14-5-4-6-18(25-2)21(14)23-16/h4-12H,1-3H3. The van der Waals surface area contributed by atoms with Gasteiger partial charge in [0, 0.05) is 18.4 Å². The minimum atomic E-state index is -0.443. The van der Waals surface area contributed by atoms with Gasteiger partial charge in [-0.15, -0.1) is 0 Å². The summed E-state index contributed by atoms with van der Waals surface area (Å²) in [6, 6.07) is 12.9. The van der Waals surface area contributed by atoms with Crippen molar-refractivity contribution in [3.63, 3.8) is 0 Å². The first-order chi connectivity index (χ1) is 13.0. The van der Waals surface area contributed by atoms with Gasteiger partial charge in [-0.25, -0.2) is 4.98 Å². The van der Waals surface area contributed by atoms with Gasteiger partial charge in [0.2, 0.25) is 0 Å². The molecule has 3 aromatic rings. The van der Waals surface area contributed by atoms with Crippen molar-refractivity contribution in [1.82, 2.24) is 4.98 Å². The minimum absolute atomic E-state index is 0.278. The number of carbonyl (C=O) groups excluding carboxylic acids is 1. The summed E-state index contributed by atoms with van der Waals surface area (Å²) in [6.07, 6.45) is 3.67. The van der Waals surface area contributed by atoms with Gasteiger partial charge in [-0.2, -0.15) is 0 Å². The maximum atomic E-state index is 11.2. The van der Waals surface area contributed by atoms with Crippen molar-refractivity contribution in [3.8, 4) is 17.2 Å². The van der Waals surface area contributed by atoms with E-state index >= 15 is 0 Å². The van der Waals surface area contributed by atoms with E-state index in [2.05, 4.69) is 4.98 Å². The average molecular weight is 384 g/mol. The van der Waals surface area contributed by atoms with Crippen LogP contribution < -0.4 is 14.2 Å². The van der Waals surface area contributed by atoms with Crippen molar-refractivity contribution in [2.75, 3.05) is 14.2 Å². The van der Waals surface area contributed by atoms with Gasteiger partial charge in [-0.05, 0) is 29.8 Å². The third-order valence-electron chi connectivity index (χ3n) is 3.89. The third kappa shape index (κ3) is 4.20. The van der Waals surface area contributed by atoms with Crippen LogP contribution in [0.25, 0.3) is 23.1 Å². The first-order valence-electron chi connectivity index (χ1n) is 8.19. The zero-order valence-electron chi connectivity index (χ0n) is 15.2. The average Bonchev–Trinajstić information content (AvgIpc) is 2.66. The second-order valence-corrected chi connectivity index (χ2v) is 6.13. The number of methoxy groups -OCH3 is 2. The number of nitrogens with zero attached hydrogens (tertiary/aromatic N) is 1. The number of benzene rings is 2. The quantitative estimate of drug-likeness (QED) is 0.458. The molecule has 0 unspecified atom stereocenters. The number of hydrogen-bond acceptors (Lipinski definition) is 5. The summed E-state index contributed by atoms with van der Waals surface area (Å²) < 4.78 is 15.8. The van der Waals surface area contributed by atoms with Crippen molar-refractivity contribution >= 4 is 40.6 Å². The minimum Gasteiger partial charge on any atom is -0.494 e. The predicted molar refractivity (Wildman–Crippen MR) is 107 cm³/mol. The van der Waals surface area contributed by atoms with E-state index in [-0.39, 0.29) is 5.75 Å². The molecule has 0 N–H and O–H groups in total. The molecule has 0 bridgehead atoms. The van der Waals surface area contributed by atoms with Gasteiger partial charge < -0.3 is 14.2 Å². The van der Waals surface area contributed by atoms with Crippen molar-refractivity contribution in [2.24, 2.45) is 0 Å². The molecule has 0 aliphatic carbocycles. The van der Waals surface area contributed by atoms with E-state index in [0.717, 1.165) is 16.6 Å². The molecule has 0 spiro atoms. The fraction of sp³-hybridized carbons (Fsp3) is 0.143. The van der Waals surface area contributed by atoms with E-state index in [1.165, 1.54) is 14.0 Å². The molecule has 27 heavy (non-hydrogen) atoms. The first-order valence-corrected chi connectivity index (χ1v) is 8.57. The molecule has 0 aliphatic rings. The molecule has 1 aromatic heterocycles. The molecule has 5 nitrogen and oxygen atoms in total. The number of fused-ring (bicyclic) bond motifs is 1. The van der Waals surface area contributed by atoms with Crippen LogP contribution in [0.1, 0.15) is 18.2 Å². The Kier molecular flexibility index (Phi) is 5.62. The van der Waals surface area contributed by atoms with Crippen LogP contribution in [0.5, 0.6) is 17.2 Å². The predicted octanol–water partition coefficient (Wildman–Crippen LogP) is 5.00. The van der Waals surface area contributed by atoms with Gasteiger partial charge >= 0.3 is 5.97 Å². The van der Waals surface area contributed by atoms with Gasteiger partial charge in [0.05, 0.1) is 24.9 Å². The van der Waals surface area contributed by atoms with E-state index in [1.807, 2.05) is 42.5 Å². The normalized spacial score (nSPS) is 11.0. The molecular weight excluding hydrogens is 366 g/mol. The Morgan fingerprint density at radius 1 is 1.00 bits per heavy atom. The molecule has 0 radical (unpaired) electrons. The lowest BCUT2D eigenvalue weighted by Crippen LogP contribution is -2.03. The summed E-state index contributed by atoms with van der Waals surface area (Å²) >= 11 is 6.31. The van der Waals surface area contributed by atoms with Crippen LogP contribution in [-0.2, 0) is 4.79 Å². The third-order valence-corrected chi connectivity index (χ3v) is 4.22. The molecule has 0 fully saturated rings. The summed E-state index contributed by atoms with van der Waals surface area (Å²) in [5.41, 5.74) is 2.26. The molecule has 1 heterocycles. The van der Waals surface area contributed by atoms with Gasteiger partial charge in [0.25, 0.3) is 0 Å². The fourth-order valence-electron chi connectivity index (χ4n) is 2.64. The number of ether oxygens (including phenoxy) is 3. The smallest absolute Gasteiger partial charge is 0.308 e. The summed E-state index contributed by atoms with van der Waals surface area (Å²) in [7, 11) is 3.12. The van der Waals surface area contributed by atoms with Gasteiger partial charge in [0.15, 0.2) is 11.5 Å². The Morgan fingerprint density at radius 3 is 2.48 bits per heavy atom. The number of esters is 1. The molecule has 0 amide bonds. The van der Waals surface area contributed by atoms with E-state index < -0.39 is 5.97 Å². The Bertz CT molecular complexity index is 1030. The van der Waals surface area contributed by atoms with Crippen molar-refractivity contribution in [2.45, 2.75) is 6.92 Å². The van der Waals surface area contributed by atoms with Crippen LogP contribution in [0.2, 0.25) is 5.02 Å². The lowest BCUT2D eigenvalue weighted by molar-refractivity contribution is -0.132. The van der Waals surface area contributed by atoms with Crippen molar-refractivity contribution < 1.29 is 19.0 Å². The monoisotopic (exact) mass is 383 g/mol. The van der Waals surface area contributed by atoms with Crippen LogP contribution in [-0.4, -0.2) is 25.2 Å². The molecule has 0 saturated carbocycles. The summed E-state index contributed by atoms with van der Waals surface area (Å²) in [5, 5.41) is 1.43.